The number of halogens is 1. The lowest BCUT2D eigenvalue weighted by Gasteiger charge is -2.36. The number of aryl methyl sites for hydroxylation is 1. The van der Waals surface area contributed by atoms with E-state index in [4.69, 9.17) is 26.3 Å². The molecule has 12 nitrogen and oxygen atoms in total. The normalized spacial score (nSPS) is 19.4. The van der Waals surface area contributed by atoms with Crippen molar-refractivity contribution in [1.82, 2.24) is 20.2 Å². The van der Waals surface area contributed by atoms with Gasteiger partial charge in [-0.1, -0.05) is 48.5 Å². The highest BCUT2D eigenvalue weighted by Crippen LogP contribution is 2.43. The average molecular weight is 619 g/mol. The fourth-order valence-electron chi connectivity index (χ4n) is 6.13. The molecule has 1 aliphatic carbocycles. The van der Waals surface area contributed by atoms with Crippen LogP contribution in [0.1, 0.15) is 41.6 Å². The number of piperazine rings is 1. The minimum atomic E-state index is -1.17. The summed E-state index contributed by atoms with van der Waals surface area (Å²) in [4.78, 5) is 48.0. The van der Waals surface area contributed by atoms with E-state index in [1.165, 1.54) is 7.11 Å². The maximum absolute atomic E-state index is 13.4. The van der Waals surface area contributed by atoms with Gasteiger partial charge < -0.3 is 19.7 Å². The van der Waals surface area contributed by atoms with E-state index >= 15 is 0 Å². The van der Waals surface area contributed by atoms with Gasteiger partial charge in [0, 0.05) is 31.6 Å². The Kier molecular flexibility index (Phi) is 9.37. The van der Waals surface area contributed by atoms with Gasteiger partial charge in [-0.3, -0.25) is 14.9 Å². The zero-order chi connectivity index (χ0) is 31.3. The van der Waals surface area contributed by atoms with E-state index in [0.29, 0.717) is 43.6 Å². The van der Waals surface area contributed by atoms with Gasteiger partial charge in [0.2, 0.25) is 5.28 Å². The number of carbonyl (C=O) groups excluding carboxylic acids is 2. The quantitative estimate of drug-likeness (QED) is 0.164. The van der Waals surface area contributed by atoms with E-state index in [9.17, 15) is 19.7 Å². The second-order valence-corrected chi connectivity index (χ2v) is 11.2. The largest absolute Gasteiger partial charge is 0.468 e. The number of rotatable bonds is 8. The van der Waals surface area contributed by atoms with E-state index in [-0.39, 0.29) is 47.8 Å². The summed E-state index contributed by atoms with van der Waals surface area (Å²) < 4.78 is 10.7. The van der Waals surface area contributed by atoms with Crippen LogP contribution in [0.5, 0.6) is 0 Å². The summed E-state index contributed by atoms with van der Waals surface area (Å²) in [7, 11) is 1.31. The highest BCUT2D eigenvalue weighted by Gasteiger charge is 2.46. The van der Waals surface area contributed by atoms with E-state index in [2.05, 4.69) is 21.4 Å². The first kappa shape index (κ1) is 30.8. The van der Waals surface area contributed by atoms with Crippen LogP contribution in [0.15, 0.2) is 48.5 Å². The predicted octanol–water partition coefficient (Wildman–Crippen LogP) is 4.52. The maximum Gasteiger partial charge on any atom is 0.410 e. The zero-order valence-corrected chi connectivity index (χ0v) is 24.9. The van der Waals surface area contributed by atoms with Gasteiger partial charge >= 0.3 is 17.7 Å². The predicted molar refractivity (Wildman–Crippen MR) is 160 cm³/mol. The Morgan fingerprint density at radius 1 is 1.23 bits per heavy atom. The third-order valence-corrected chi connectivity index (χ3v) is 8.41. The van der Waals surface area contributed by atoms with E-state index < -0.39 is 22.4 Å². The number of hydrogen-bond donors (Lipinski definition) is 1. The van der Waals surface area contributed by atoms with Gasteiger partial charge in [-0.2, -0.15) is 5.26 Å². The van der Waals surface area contributed by atoms with Gasteiger partial charge in [-0.15, -0.1) is 0 Å². The fourth-order valence-corrected chi connectivity index (χ4v) is 6.32. The molecule has 3 aromatic rings. The maximum atomic E-state index is 13.4. The number of methoxy groups -OCH3 is 1. The molecule has 1 N–H and O–H groups in total. The molecule has 0 radical (unpaired) electrons. The van der Waals surface area contributed by atoms with Gasteiger partial charge in [-0.05, 0) is 47.6 Å². The number of hydrogen-bond acceptors (Lipinski definition) is 10. The molecule has 1 amide bonds. The molecular formula is C31H31ClN6O6. The van der Waals surface area contributed by atoms with E-state index in [1.54, 1.807) is 29.2 Å². The Hall–Kier alpha value is -4.60. The summed E-state index contributed by atoms with van der Waals surface area (Å²) in [5.41, 5.74) is 1.34. The van der Waals surface area contributed by atoms with Crippen molar-refractivity contribution in [2.45, 2.75) is 50.2 Å². The molecule has 1 aliphatic heterocycles. The molecule has 2 unspecified atom stereocenters. The number of esters is 1. The Balaban J connectivity index is 1.42. The molecule has 1 saturated heterocycles. The first-order chi connectivity index (χ1) is 21.3. The molecular weight excluding hydrogens is 588 g/mol. The lowest BCUT2D eigenvalue weighted by molar-refractivity contribution is -0.385. The molecule has 5 rings (SSSR count). The molecule has 0 spiro atoms. The number of aromatic nitrogens is 2. The average Bonchev–Trinajstić information content (AvgIpc) is 3.03. The zero-order valence-electron chi connectivity index (χ0n) is 24.1. The third kappa shape index (κ3) is 6.20. The third-order valence-electron chi connectivity index (χ3n) is 8.24. The van der Waals surface area contributed by atoms with E-state index in [1.807, 2.05) is 24.3 Å². The number of amides is 1. The molecule has 0 saturated carbocycles. The van der Waals surface area contributed by atoms with Crippen LogP contribution in [0, 0.1) is 21.4 Å². The highest BCUT2D eigenvalue weighted by atomic mass is 35.5. The number of nitro groups is 1. The van der Waals surface area contributed by atoms with Crippen LogP contribution >= 0.6 is 11.6 Å². The summed E-state index contributed by atoms with van der Waals surface area (Å²) in [6.07, 6.45) is 1.52. The highest BCUT2D eigenvalue weighted by molar-refractivity contribution is 6.28. The number of fused-ring (bicyclic) bond motifs is 1. The number of carbonyl (C=O) groups is 2. The van der Waals surface area contributed by atoms with Gasteiger partial charge in [0.05, 0.1) is 36.0 Å². The summed E-state index contributed by atoms with van der Waals surface area (Å²) in [6.45, 7) is 1.54. The van der Waals surface area contributed by atoms with E-state index in [0.717, 1.165) is 17.5 Å². The monoisotopic (exact) mass is 618 g/mol. The second kappa shape index (κ2) is 13.4. The molecule has 1 fully saturated rings. The minimum absolute atomic E-state index is 0.0119. The SMILES string of the molecule is COC(=O)C1(Cc2nc(Cl)nc(-c3ccc(COC(=O)N4CCNCC4CC#N)cc3)c2[N+](=O)[O-])CCCc2ccccc21. The van der Waals surface area contributed by atoms with Crippen LogP contribution in [0.2, 0.25) is 5.28 Å². The minimum Gasteiger partial charge on any atom is -0.468 e. The van der Waals surface area contributed by atoms with Crippen molar-refractivity contribution in [2.75, 3.05) is 26.7 Å². The van der Waals surface area contributed by atoms with Crippen LogP contribution < -0.4 is 5.32 Å². The molecule has 44 heavy (non-hydrogen) atoms. The van der Waals surface area contributed by atoms with Crippen LogP contribution in [-0.4, -0.2) is 64.6 Å². The molecule has 2 aromatic carbocycles. The first-order valence-corrected chi connectivity index (χ1v) is 14.6. The molecule has 2 aliphatic rings. The fraction of sp³-hybridized carbons (Fsp3) is 0.387. The molecule has 228 valence electrons. The van der Waals surface area contributed by atoms with Crippen molar-refractivity contribution in [2.24, 2.45) is 0 Å². The Labute approximate surface area is 259 Å². The van der Waals surface area contributed by atoms with Crippen LogP contribution in [0.3, 0.4) is 0 Å². The summed E-state index contributed by atoms with van der Waals surface area (Å²) in [6, 6.07) is 16.0. The van der Waals surface area contributed by atoms with Crippen LogP contribution in [0.4, 0.5) is 10.5 Å². The number of ether oxygens (including phenoxy) is 2. The molecule has 2 atom stereocenters. The van der Waals surface area contributed by atoms with Crippen molar-refractivity contribution in [3.05, 3.63) is 86.3 Å². The number of benzene rings is 2. The second-order valence-electron chi connectivity index (χ2n) is 10.8. The number of nitrogens with zero attached hydrogens (tertiary/aromatic N) is 5. The lowest BCUT2D eigenvalue weighted by atomic mass is 9.67. The topological polar surface area (TPSA) is 161 Å². The summed E-state index contributed by atoms with van der Waals surface area (Å²) in [5, 5.41) is 24.6. The van der Waals surface area contributed by atoms with Crippen molar-refractivity contribution < 1.29 is 24.0 Å². The van der Waals surface area contributed by atoms with Crippen LogP contribution in [-0.2, 0) is 39.1 Å². The molecule has 1 aromatic heterocycles. The Morgan fingerprint density at radius 2 is 2.00 bits per heavy atom. The summed E-state index contributed by atoms with van der Waals surface area (Å²) >= 11 is 6.33. The number of nitriles is 1. The van der Waals surface area contributed by atoms with Gasteiger partial charge in [0.25, 0.3) is 0 Å². The van der Waals surface area contributed by atoms with Gasteiger partial charge in [0.1, 0.15) is 12.3 Å². The van der Waals surface area contributed by atoms with Crippen molar-refractivity contribution in [3.8, 4) is 17.3 Å². The summed E-state index contributed by atoms with van der Waals surface area (Å²) in [5.74, 6) is -0.492. The van der Waals surface area contributed by atoms with Gasteiger partial charge in [0.15, 0.2) is 5.69 Å². The Bertz CT molecular complexity index is 1610. The molecule has 2 heterocycles. The molecule has 13 heteroatoms. The van der Waals surface area contributed by atoms with Gasteiger partial charge in [-0.25, -0.2) is 14.8 Å². The standard InChI is InChI=1S/C31H31ClN6O6/c1-43-28(39)31(13-4-6-21-5-2-3-7-24(21)31)17-25-27(38(41)42)26(36-29(32)35-25)22-10-8-20(9-11-22)19-44-30(40)37-16-15-34-18-23(37)12-14-33/h2-3,5,7-11,23,34H,4,6,12-13,15-19H2,1H3. The van der Waals surface area contributed by atoms with Crippen molar-refractivity contribution >= 4 is 29.4 Å². The first-order valence-electron chi connectivity index (χ1n) is 14.3. The van der Waals surface area contributed by atoms with Crippen molar-refractivity contribution in [1.29, 1.82) is 5.26 Å². The Morgan fingerprint density at radius 3 is 2.73 bits per heavy atom. The molecule has 0 bridgehead atoms. The smallest absolute Gasteiger partial charge is 0.410 e. The van der Waals surface area contributed by atoms with Crippen LogP contribution in [0.25, 0.3) is 11.3 Å². The van der Waals surface area contributed by atoms with Crippen molar-refractivity contribution in [3.63, 3.8) is 0 Å². The lowest BCUT2D eigenvalue weighted by Crippen LogP contribution is -2.53. The number of nitrogens with one attached hydrogen (secondary N) is 1.